The minimum atomic E-state index is -0.653. The van der Waals surface area contributed by atoms with Crippen LogP contribution in [0.5, 0.6) is 0 Å². The smallest absolute Gasteiger partial charge is 0.303 e. The van der Waals surface area contributed by atoms with Gasteiger partial charge in [0.05, 0.1) is 0 Å². The minimum Gasteiger partial charge on any atom is -0.481 e. The van der Waals surface area contributed by atoms with Crippen molar-refractivity contribution in [1.29, 1.82) is 0 Å². The number of allylic oxidation sites excluding steroid dienone is 1. The van der Waals surface area contributed by atoms with E-state index in [4.69, 9.17) is 5.11 Å². The van der Waals surface area contributed by atoms with Crippen molar-refractivity contribution < 1.29 is 9.90 Å². The van der Waals surface area contributed by atoms with Gasteiger partial charge in [0.15, 0.2) is 0 Å². The Kier molecular flexibility index (Phi) is 4.60. The second kappa shape index (κ2) is 6.20. The molecule has 1 aliphatic heterocycles. The number of hydrogen-bond acceptors (Lipinski definition) is 2. The fraction of sp³-hybridized carbons (Fsp3) is 0.786. The lowest BCUT2D eigenvalue weighted by Crippen LogP contribution is -2.42. The zero-order valence-corrected chi connectivity index (χ0v) is 10.5. The summed E-state index contributed by atoms with van der Waals surface area (Å²) in [4.78, 5) is 13.2. The Balaban J connectivity index is 1.81. The number of hydrogen-bond donors (Lipinski definition) is 1. The summed E-state index contributed by atoms with van der Waals surface area (Å²) in [5.74, 6) is -0.0603. The zero-order valence-electron chi connectivity index (χ0n) is 10.5. The molecule has 2 unspecified atom stereocenters. The SMILES string of the molecule is O=C(O)CCC1CCCN(C2C=CCCC2)C1. The van der Waals surface area contributed by atoms with E-state index in [9.17, 15) is 4.79 Å². The van der Waals surface area contributed by atoms with E-state index >= 15 is 0 Å². The van der Waals surface area contributed by atoms with Crippen LogP contribution in [0.15, 0.2) is 12.2 Å². The van der Waals surface area contributed by atoms with Crippen LogP contribution in [-0.4, -0.2) is 35.1 Å². The maximum Gasteiger partial charge on any atom is 0.303 e. The van der Waals surface area contributed by atoms with Crippen LogP contribution in [0.2, 0.25) is 0 Å². The van der Waals surface area contributed by atoms with Crippen molar-refractivity contribution in [3.63, 3.8) is 0 Å². The molecule has 96 valence electrons. The Morgan fingerprint density at radius 2 is 2.24 bits per heavy atom. The van der Waals surface area contributed by atoms with Gasteiger partial charge in [-0.25, -0.2) is 0 Å². The highest BCUT2D eigenvalue weighted by molar-refractivity contribution is 5.66. The van der Waals surface area contributed by atoms with Gasteiger partial charge in [-0.05, 0) is 51.0 Å². The highest BCUT2D eigenvalue weighted by Gasteiger charge is 2.25. The van der Waals surface area contributed by atoms with Crippen LogP contribution in [0.25, 0.3) is 0 Å². The van der Waals surface area contributed by atoms with Crippen molar-refractivity contribution in [2.24, 2.45) is 5.92 Å². The summed E-state index contributed by atoms with van der Waals surface area (Å²) >= 11 is 0. The molecule has 0 aromatic heterocycles. The molecular weight excluding hydrogens is 214 g/mol. The van der Waals surface area contributed by atoms with E-state index in [1.165, 1.54) is 38.6 Å². The summed E-state index contributed by atoms with van der Waals surface area (Å²) in [6.07, 6.45) is 12.1. The maximum absolute atomic E-state index is 10.6. The van der Waals surface area contributed by atoms with E-state index in [0.29, 0.717) is 18.4 Å². The van der Waals surface area contributed by atoms with Gasteiger partial charge >= 0.3 is 5.97 Å². The summed E-state index contributed by atoms with van der Waals surface area (Å²) in [6, 6.07) is 0.622. The maximum atomic E-state index is 10.6. The molecule has 1 saturated heterocycles. The van der Waals surface area contributed by atoms with Crippen molar-refractivity contribution >= 4 is 5.97 Å². The van der Waals surface area contributed by atoms with Crippen molar-refractivity contribution in [3.8, 4) is 0 Å². The zero-order chi connectivity index (χ0) is 12.1. The normalized spacial score (nSPS) is 30.4. The fourth-order valence-corrected chi connectivity index (χ4v) is 3.06. The molecule has 1 N–H and O–H groups in total. The number of carboxylic acids is 1. The lowest BCUT2D eigenvalue weighted by atomic mass is 9.91. The van der Waals surface area contributed by atoms with Gasteiger partial charge in [-0.2, -0.15) is 0 Å². The van der Waals surface area contributed by atoms with Crippen LogP contribution >= 0.6 is 0 Å². The Labute approximate surface area is 103 Å². The first kappa shape index (κ1) is 12.6. The van der Waals surface area contributed by atoms with Crippen LogP contribution < -0.4 is 0 Å². The summed E-state index contributed by atoms with van der Waals surface area (Å²) in [5.41, 5.74) is 0. The third kappa shape index (κ3) is 3.84. The standard InChI is InChI=1S/C14H23NO2/c16-14(17)9-8-12-5-4-10-15(11-12)13-6-2-1-3-7-13/h2,6,12-13H,1,3-5,7-11H2,(H,16,17). The molecular formula is C14H23NO2. The molecule has 0 spiro atoms. The molecule has 0 saturated carbocycles. The Morgan fingerprint density at radius 3 is 2.94 bits per heavy atom. The first-order chi connectivity index (χ1) is 8.25. The minimum absolute atomic E-state index is 0.332. The van der Waals surface area contributed by atoms with Crippen LogP contribution in [0.4, 0.5) is 0 Å². The number of nitrogens with zero attached hydrogens (tertiary/aromatic N) is 1. The lowest BCUT2D eigenvalue weighted by Gasteiger charge is -2.38. The van der Waals surface area contributed by atoms with Crippen LogP contribution in [0.3, 0.4) is 0 Å². The Bertz CT molecular complexity index is 288. The van der Waals surface area contributed by atoms with E-state index < -0.39 is 5.97 Å². The number of rotatable bonds is 4. The van der Waals surface area contributed by atoms with Gasteiger partial charge in [-0.15, -0.1) is 0 Å². The van der Waals surface area contributed by atoms with Gasteiger partial charge < -0.3 is 5.11 Å². The fourth-order valence-electron chi connectivity index (χ4n) is 3.06. The largest absolute Gasteiger partial charge is 0.481 e. The molecule has 3 nitrogen and oxygen atoms in total. The van der Waals surface area contributed by atoms with E-state index in [0.717, 1.165) is 13.0 Å². The van der Waals surface area contributed by atoms with Gasteiger partial charge in [0.1, 0.15) is 0 Å². The molecule has 0 amide bonds. The molecule has 1 aliphatic carbocycles. The van der Waals surface area contributed by atoms with E-state index in [-0.39, 0.29) is 0 Å². The van der Waals surface area contributed by atoms with Crippen LogP contribution in [0.1, 0.15) is 44.9 Å². The van der Waals surface area contributed by atoms with Crippen molar-refractivity contribution in [3.05, 3.63) is 12.2 Å². The van der Waals surface area contributed by atoms with Gasteiger partial charge in [0.25, 0.3) is 0 Å². The first-order valence-electron chi connectivity index (χ1n) is 6.88. The molecule has 0 radical (unpaired) electrons. The first-order valence-corrected chi connectivity index (χ1v) is 6.88. The van der Waals surface area contributed by atoms with Crippen molar-refractivity contribution in [2.45, 2.75) is 51.0 Å². The third-order valence-corrected chi connectivity index (χ3v) is 4.01. The highest BCUT2D eigenvalue weighted by atomic mass is 16.4. The second-order valence-electron chi connectivity index (χ2n) is 5.36. The van der Waals surface area contributed by atoms with E-state index in [2.05, 4.69) is 17.1 Å². The predicted molar refractivity (Wildman–Crippen MR) is 67.9 cm³/mol. The number of piperidine rings is 1. The van der Waals surface area contributed by atoms with E-state index in [1.807, 2.05) is 0 Å². The molecule has 0 aromatic rings. The number of carbonyl (C=O) groups is 1. The summed E-state index contributed by atoms with van der Waals surface area (Å²) < 4.78 is 0. The monoisotopic (exact) mass is 237 g/mol. The summed E-state index contributed by atoms with van der Waals surface area (Å²) in [6.45, 7) is 2.29. The van der Waals surface area contributed by atoms with Gasteiger partial charge in [-0.3, -0.25) is 9.69 Å². The van der Waals surface area contributed by atoms with Crippen molar-refractivity contribution in [2.75, 3.05) is 13.1 Å². The van der Waals surface area contributed by atoms with Gasteiger partial charge in [-0.1, -0.05) is 12.2 Å². The Morgan fingerprint density at radius 1 is 1.35 bits per heavy atom. The van der Waals surface area contributed by atoms with Crippen LogP contribution in [-0.2, 0) is 4.79 Å². The van der Waals surface area contributed by atoms with E-state index in [1.54, 1.807) is 0 Å². The molecule has 2 rings (SSSR count). The average molecular weight is 237 g/mol. The van der Waals surface area contributed by atoms with Gasteiger partial charge in [0, 0.05) is 19.0 Å². The molecule has 1 heterocycles. The molecule has 17 heavy (non-hydrogen) atoms. The molecule has 2 aliphatic rings. The summed E-state index contributed by atoms with van der Waals surface area (Å²) in [7, 11) is 0. The number of carboxylic acid groups (broad SMARTS) is 1. The molecule has 0 aromatic carbocycles. The number of aliphatic carboxylic acids is 1. The number of likely N-dealkylation sites (tertiary alicyclic amines) is 1. The third-order valence-electron chi connectivity index (χ3n) is 4.01. The lowest BCUT2D eigenvalue weighted by molar-refractivity contribution is -0.137. The topological polar surface area (TPSA) is 40.5 Å². The average Bonchev–Trinajstić information content (AvgIpc) is 2.38. The van der Waals surface area contributed by atoms with Crippen LogP contribution in [0, 0.1) is 5.92 Å². The van der Waals surface area contributed by atoms with Gasteiger partial charge in [0.2, 0.25) is 0 Å². The summed E-state index contributed by atoms with van der Waals surface area (Å²) in [5, 5.41) is 8.73. The van der Waals surface area contributed by atoms with Crippen molar-refractivity contribution in [1.82, 2.24) is 4.90 Å². The molecule has 3 heteroatoms. The Hall–Kier alpha value is -0.830. The molecule has 1 fully saturated rings. The highest BCUT2D eigenvalue weighted by Crippen LogP contribution is 2.25. The quantitative estimate of drug-likeness (QED) is 0.764. The molecule has 0 bridgehead atoms. The second-order valence-corrected chi connectivity index (χ2v) is 5.36. The molecule has 2 atom stereocenters. The predicted octanol–water partition coefficient (Wildman–Crippen LogP) is 2.67.